The van der Waals surface area contributed by atoms with Crippen LogP contribution in [0.4, 0.5) is 10.5 Å². The molecule has 2 aromatic carbocycles. The molecule has 4 aromatic rings. The first-order valence-corrected chi connectivity index (χ1v) is 13.8. The largest absolute Gasteiger partial charge is 0.493 e. The average molecular weight is 548 g/mol. The molecule has 1 N–H and O–H groups in total. The Hall–Kier alpha value is -3.98. The third kappa shape index (κ3) is 6.54. The number of aromatic nitrogens is 1. The number of ether oxygens (including phenoxy) is 3. The molecular formula is C30H33N3O5S. The summed E-state index contributed by atoms with van der Waals surface area (Å²) in [5.74, 6) is 1.62. The predicted molar refractivity (Wildman–Crippen MR) is 153 cm³/mol. The molecule has 0 bridgehead atoms. The number of amides is 2. The number of rotatable bonds is 8. The Morgan fingerprint density at radius 3 is 2.41 bits per heavy atom. The minimum absolute atomic E-state index is 0.144. The zero-order valence-corrected chi connectivity index (χ0v) is 23.4. The van der Waals surface area contributed by atoms with Crippen molar-refractivity contribution in [2.24, 2.45) is 13.0 Å². The molecule has 8 nitrogen and oxygen atoms in total. The van der Waals surface area contributed by atoms with Crippen LogP contribution in [0.25, 0.3) is 10.2 Å². The second-order valence-corrected chi connectivity index (χ2v) is 11.7. The Labute approximate surface area is 232 Å². The highest BCUT2D eigenvalue weighted by Crippen LogP contribution is 2.26. The molecule has 3 heterocycles. The van der Waals surface area contributed by atoms with Crippen molar-refractivity contribution < 1.29 is 23.8 Å². The minimum Gasteiger partial charge on any atom is -0.493 e. The zero-order chi connectivity index (χ0) is 27.6. The normalized spacial score (nSPS) is 13.7. The molecule has 0 saturated carbocycles. The van der Waals surface area contributed by atoms with Gasteiger partial charge in [0.05, 0.1) is 16.8 Å². The number of nitrogens with one attached hydrogen (secondary N) is 1. The van der Waals surface area contributed by atoms with Gasteiger partial charge in [-0.2, -0.15) is 0 Å². The third-order valence-electron chi connectivity index (χ3n) is 6.41. The van der Waals surface area contributed by atoms with E-state index in [-0.39, 0.29) is 12.0 Å². The predicted octanol–water partition coefficient (Wildman–Crippen LogP) is 6.32. The number of thiophene rings is 1. The average Bonchev–Trinajstić information content (AvgIpc) is 3.44. The fraction of sp³-hybridized carbons (Fsp3) is 0.333. The van der Waals surface area contributed by atoms with E-state index in [1.54, 1.807) is 16.2 Å². The molecule has 39 heavy (non-hydrogen) atoms. The molecule has 0 aliphatic carbocycles. The Kier molecular flexibility index (Phi) is 7.52. The fourth-order valence-corrected chi connectivity index (χ4v) is 5.21. The number of fused-ring (bicyclic) bond motifs is 1. The first kappa shape index (κ1) is 26.6. The summed E-state index contributed by atoms with van der Waals surface area (Å²) < 4.78 is 20.2. The van der Waals surface area contributed by atoms with Gasteiger partial charge < -0.3 is 29.0 Å². The number of nitrogens with zero attached hydrogens (tertiary/aromatic N) is 2. The van der Waals surface area contributed by atoms with E-state index >= 15 is 0 Å². The van der Waals surface area contributed by atoms with Gasteiger partial charge in [-0.15, -0.1) is 11.3 Å². The number of aryl methyl sites for hydroxylation is 1. The van der Waals surface area contributed by atoms with Crippen LogP contribution in [0.1, 0.15) is 36.8 Å². The van der Waals surface area contributed by atoms with Crippen molar-refractivity contribution in [1.29, 1.82) is 0 Å². The Morgan fingerprint density at radius 1 is 1.00 bits per heavy atom. The van der Waals surface area contributed by atoms with E-state index in [0.717, 1.165) is 33.0 Å². The standard InChI is InChI=1S/C30H33N3O5S/c1-30(2,3)38-29(35)33-16-21(17-33)19-37-24-10-8-23(9-11-24)36-18-20-6-5-7-22(14-20)31-28(34)26-15-27-25(32(26)4)12-13-39-27/h5-15,21H,16-19H2,1-4H3,(H,31,34). The van der Waals surface area contributed by atoms with E-state index in [9.17, 15) is 9.59 Å². The van der Waals surface area contributed by atoms with Crippen LogP contribution in [-0.4, -0.2) is 46.8 Å². The van der Waals surface area contributed by atoms with Gasteiger partial charge >= 0.3 is 6.09 Å². The number of likely N-dealkylation sites (tertiary alicyclic amines) is 1. The first-order valence-electron chi connectivity index (χ1n) is 12.9. The van der Waals surface area contributed by atoms with Gasteiger partial charge in [-0.05, 0) is 80.2 Å². The molecule has 0 radical (unpaired) electrons. The van der Waals surface area contributed by atoms with E-state index in [0.29, 0.717) is 37.9 Å². The van der Waals surface area contributed by atoms with Crippen LogP contribution in [0.5, 0.6) is 11.5 Å². The van der Waals surface area contributed by atoms with Crippen molar-refractivity contribution in [3.05, 3.63) is 77.3 Å². The molecule has 0 spiro atoms. The quantitative estimate of drug-likeness (QED) is 0.279. The summed E-state index contributed by atoms with van der Waals surface area (Å²) in [5.41, 5.74) is 2.85. The molecule has 204 valence electrons. The van der Waals surface area contributed by atoms with E-state index in [4.69, 9.17) is 14.2 Å². The summed E-state index contributed by atoms with van der Waals surface area (Å²) in [4.78, 5) is 26.6. The van der Waals surface area contributed by atoms with Gasteiger partial charge in [0.15, 0.2) is 0 Å². The van der Waals surface area contributed by atoms with Crippen LogP contribution >= 0.6 is 11.3 Å². The van der Waals surface area contributed by atoms with Crippen molar-refractivity contribution in [3.8, 4) is 11.5 Å². The smallest absolute Gasteiger partial charge is 0.410 e. The van der Waals surface area contributed by atoms with Crippen molar-refractivity contribution >= 4 is 39.2 Å². The second-order valence-electron chi connectivity index (χ2n) is 10.7. The summed E-state index contributed by atoms with van der Waals surface area (Å²) in [7, 11) is 1.90. The summed E-state index contributed by atoms with van der Waals surface area (Å²) in [5, 5.41) is 5.01. The molecule has 0 unspecified atom stereocenters. The fourth-order valence-electron chi connectivity index (χ4n) is 4.37. The van der Waals surface area contributed by atoms with Gasteiger partial charge in [-0.25, -0.2) is 4.79 Å². The van der Waals surface area contributed by atoms with Crippen molar-refractivity contribution in [3.63, 3.8) is 0 Å². The number of hydrogen-bond donors (Lipinski definition) is 1. The molecule has 5 rings (SSSR count). The summed E-state index contributed by atoms with van der Waals surface area (Å²) >= 11 is 1.62. The van der Waals surface area contributed by atoms with Gasteiger partial charge in [0.1, 0.15) is 29.4 Å². The molecule has 2 amide bonds. The van der Waals surface area contributed by atoms with Crippen LogP contribution in [0, 0.1) is 5.92 Å². The maximum atomic E-state index is 12.8. The highest BCUT2D eigenvalue weighted by atomic mass is 32.1. The first-order chi connectivity index (χ1) is 18.6. The highest BCUT2D eigenvalue weighted by molar-refractivity contribution is 7.17. The van der Waals surface area contributed by atoms with E-state index in [1.165, 1.54) is 0 Å². The third-order valence-corrected chi connectivity index (χ3v) is 7.26. The molecule has 1 aliphatic heterocycles. The van der Waals surface area contributed by atoms with Crippen LogP contribution in [0.3, 0.4) is 0 Å². The lowest BCUT2D eigenvalue weighted by atomic mass is 10.0. The van der Waals surface area contributed by atoms with Gasteiger partial charge in [-0.3, -0.25) is 4.79 Å². The van der Waals surface area contributed by atoms with Crippen molar-refractivity contribution in [1.82, 2.24) is 9.47 Å². The van der Waals surface area contributed by atoms with Crippen LogP contribution in [-0.2, 0) is 18.4 Å². The van der Waals surface area contributed by atoms with Crippen LogP contribution in [0.15, 0.2) is 66.0 Å². The summed E-state index contributed by atoms with van der Waals surface area (Å²) in [6.45, 7) is 7.78. The van der Waals surface area contributed by atoms with Crippen LogP contribution in [0.2, 0.25) is 0 Å². The molecule has 9 heteroatoms. The lowest BCUT2D eigenvalue weighted by Gasteiger charge is -2.39. The molecule has 1 saturated heterocycles. The second kappa shape index (κ2) is 11.0. The van der Waals surface area contributed by atoms with E-state index in [1.807, 2.05) is 98.4 Å². The zero-order valence-electron chi connectivity index (χ0n) is 22.6. The maximum absolute atomic E-state index is 12.8. The number of carbonyl (C=O) groups is 2. The molecule has 1 aliphatic rings. The van der Waals surface area contributed by atoms with Gasteiger partial charge in [0.25, 0.3) is 5.91 Å². The number of hydrogen-bond acceptors (Lipinski definition) is 6. The van der Waals surface area contributed by atoms with E-state index < -0.39 is 5.60 Å². The molecule has 0 atom stereocenters. The van der Waals surface area contributed by atoms with Crippen molar-refractivity contribution in [2.75, 3.05) is 25.0 Å². The summed E-state index contributed by atoms with van der Waals surface area (Å²) in [6, 6.07) is 19.1. The van der Waals surface area contributed by atoms with Gasteiger partial charge in [0, 0.05) is 31.7 Å². The molecular weight excluding hydrogens is 514 g/mol. The number of anilines is 1. The molecule has 1 fully saturated rings. The summed E-state index contributed by atoms with van der Waals surface area (Å²) in [6.07, 6.45) is -0.274. The van der Waals surface area contributed by atoms with E-state index in [2.05, 4.69) is 5.32 Å². The van der Waals surface area contributed by atoms with Crippen molar-refractivity contribution in [2.45, 2.75) is 33.0 Å². The lowest BCUT2D eigenvalue weighted by molar-refractivity contribution is -0.00782. The number of benzene rings is 2. The van der Waals surface area contributed by atoms with Gasteiger partial charge in [0.2, 0.25) is 0 Å². The molecule has 2 aromatic heterocycles. The SMILES string of the molecule is Cn1c(C(=O)Nc2cccc(COc3ccc(OCC4CN(C(=O)OC(C)(C)C)C4)cc3)c2)cc2sccc21. The number of carbonyl (C=O) groups excluding carboxylic acids is 2. The van der Waals surface area contributed by atoms with Gasteiger partial charge in [-0.1, -0.05) is 12.1 Å². The van der Waals surface area contributed by atoms with Crippen LogP contribution < -0.4 is 14.8 Å². The Bertz CT molecular complexity index is 1460. The Morgan fingerprint density at radius 2 is 1.72 bits per heavy atom. The minimum atomic E-state index is -0.485. The lowest BCUT2D eigenvalue weighted by Crippen LogP contribution is -2.53. The Balaban J connectivity index is 1.07. The maximum Gasteiger partial charge on any atom is 0.410 e. The topological polar surface area (TPSA) is 82.0 Å². The monoisotopic (exact) mass is 547 g/mol. The highest BCUT2D eigenvalue weighted by Gasteiger charge is 2.34.